The molecule has 0 aliphatic rings. The van der Waals surface area contributed by atoms with Gasteiger partial charge in [0.15, 0.2) is 0 Å². The van der Waals surface area contributed by atoms with Crippen LogP contribution in [0.1, 0.15) is 32.6 Å². The molecule has 0 spiro atoms. The maximum absolute atomic E-state index is 11.1. The molecular formula is C8H18N2O4S. The van der Waals surface area contributed by atoms with Crippen LogP contribution in [0.15, 0.2) is 0 Å². The van der Waals surface area contributed by atoms with Crippen LogP contribution in [0.2, 0.25) is 0 Å². The lowest BCUT2D eigenvalue weighted by Crippen LogP contribution is -2.53. The molecule has 0 aromatic carbocycles. The van der Waals surface area contributed by atoms with E-state index >= 15 is 0 Å². The minimum Gasteiger partial charge on any atom is -0.480 e. The summed E-state index contributed by atoms with van der Waals surface area (Å²) in [7, 11) is 0. The third kappa shape index (κ3) is 4.70. The molecule has 5 N–H and O–H groups in total. The molecule has 15 heavy (non-hydrogen) atoms. The van der Waals surface area contributed by atoms with E-state index < -0.39 is 22.8 Å². The highest BCUT2D eigenvalue weighted by Crippen LogP contribution is 2.19. The maximum atomic E-state index is 11.1. The van der Waals surface area contributed by atoms with Gasteiger partial charge in [-0.1, -0.05) is 19.8 Å². The summed E-state index contributed by atoms with van der Waals surface area (Å²) in [6.07, 6.45) is 1.91. The zero-order chi connectivity index (χ0) is 11.9. The first-order valence-corrected chi connectivity index (χ1v) is 5.91. The van der Waals surface area contributed by atoms with Gasteiger partial charge in [0.05, 0.1) is 0 Å². The van der Waals surface area contributed by atoms with Crippen molar-refractivity contribution in [3.05, 3.63) is 0 Å². The summed E-state index contributed by atoms with van der Waals surface area (Å²) in [4.78, 5) is 11.1. The molecular weight excluding hydrogens is 220 g/mol. The summed E-state index contributed by atoms with van der Waals surface area (Å²) in [6.45, 7) is 2.07. The first kappa shape index (κ1) is 14.5. The Kier molecular flexibility index (Phi) is 6.66. The lowest BCUT2D eigenvalue weighted by Gasteiger charge is -2.28. The van der Waals surface area contributed by atoms with Crippen molar-refractivity contribution in [2.45, 2.75) is 38.1 Å². The van der Waals surface area contributed by atoms with E-state index in [1.165, 1.54) is 0 Å². The van der Waals surface area contributed by atoms with E-state index in [-0.39, 0.29) is 13.0 Å². The van der Waals surface area contributed by atoms with E-state index in [1.54, 1.807) is 0 Å². The van der Waals surface area contributed by atoms with E-state index in [9.17, 15) is 9.00 Å². The zero-order valence-electron chi connectivity index (χ0n) is 8.73. The largest absolute Gasteiger partial charge is 0.480 e. The molecule has 90 valence electrons. The van der Waals surface area contributed by atoms with Crippen LogP contribution in [0.3, 0.4) is 0 Å². The van der Waals surface area contributed by atoms with Crippen LogP contribution in [0.5, 0.6) is 0 Å². The number of carboxylic acids is 1. The molecule has 0 bridgehead atoms. The van der Waals surface area contributed by atoms with E-state index in [0.717, 1.165) is 6.42 Å². The fourth-order valence-electron chi connectivity index (χ4n) is 1.38. The molecule has 0 aliphatic carbocycles. The van der Waals surface area contributed by atoms with Crippen molar-refractivity contribution in [1.82, 2.24) is 4.72 Å². The second-order valence-corrected chi connectivity index (χ2v) is 4.08. The highest BCUT2D eigenvalue weighted by Gasteiger charge is 2.38. The molecule has 0 aromatic rings. The number of carbonyl (C=O) groups is 1. The number of unbranched alkanes of at least 4 members (excludes halogenated alkanes) is 1. The highest BCUT2D eigenvalue weighted by molar-refractivity contribution is 7.77. The summed E-state index contributed by atoms with van der Waals surface area (Å²) in [5.41, 5.74) is 3.93. The fraction of sp³-hybridized carbons (Fsp3) is 0.875. The summed E-state index contributed by atoms with van der Waals surface area (Å²) >= 11 is -2.35. The third-order valence-electron chi connectivity index (χ3n) is 2.22. The predicted molar refractivity (Wildman–Crippen MR) is 57.5 cm³/mol. The summed E-state index contributed by atoms with van der Waals surface area (Å²) < 4.78 is 21.5. The molecule has 0 fully saturated rings. The van der Waals surface area contributed by atoms with Crippen molar-refractivity contribution < 1.29 is 18.7 Å². The van der Waals surface area contributed by atoms with Crippen molar-refractivity contribution in [3.8, 4) is 0 Å². The van der Waals surface area contributed by atoms with Gasteiger partial charge in [0.25, 0.3) is 0 Å². The van der Waals surface area contributed by atoms with Gasteiger partial charge in [-0.05, 0) is 19.4 Å². The van der Waals surface area contributed by atoms with Crippen LogP contribution in [0.4, 0.5) is 0 Å². The van der Waals surface area contributed by atoms with Crippen LogP contribution in [-0.2, 0) is 16.1 Å². The Labute approximate surface area is 91.7 Å². The number of hydrogen-bond donors (Lipinski definition) is 4. The van der Waals surface area contributed by atoms with Gasteiger partial charge >= 0.3 is 5.97 Å². The number of nitrogens with two attached hydrogens (primary N) is 1. The highest BCUT2D eigenvalue weighted by atomic mass is 32.2. The molecule has 0 aliphatic heterocycles. The molecule has 2 atom stereocenters. The second kappa shape index (κ2) is 6.89. The van der Waals surface area contributed by atoms with Gasteiger partial charge in [-0.3, -0.25) is 9.35 Å². The lowest BCUT2D eigenvalue weighted by molar-refractivity contribution is -0.144. The van der Waals surface area contributed by atoms with Crippen molar-refractivity contribution in [3.63, 3.8) is 0 Å². The van der Waals surface area contributed by atoms with Gasteiger partial charge in [-0.2, -0.15) is 4.72 Å². The Balaban J connectivity index is 4.71. The van der Waals surface area contributed by atoms with Crippen molar-refractivity contribution >= 4 is 17.2 Å². The van der Waals surface area contributed by atoms with Gasteiger partial charge in [0.2, 0.25) is 11.3 Å². The number of rotatable bonds is 8. The number of carboxylic acid groups (broad SMARTS) is 1. The lowest BCUT2D eigenvalue weighted by atomic mass is 9.90. The van der Waals surface area contributed by atoms with Gasteiger partial charge in [0, 0.05) is 0 Å². The summed E-state index contributed by atoms with van der Waals surface area (Å²) in [5.74, 6) is -1.14. The Bertz CT molecular complexity index is 237. The molecule has 6 nitrogen and oxygen atoms in total. The fourth-order valence-corrected chi connectivity index (χ4v) is 2.00. The first-order chi connectivity index (χ1) is 6.98. The summed E-state index contributed by atoms with van der Waals surface area (Å²) in [5, 5.41) is 9.07. The average molecular weight is 238 g/mol. The Hall–Kier alpha value is -0.500. The quantitative estimate of drug-likeness (QED) is 0.447. The van der Waals surface area contributed by atoms with Crippen LogP contribution < -0.4 is 10.5 Å². The van der Waals surface area contributed by atoms with E-state index in [0.29, 0.717) is 12.8 Å². The normalized spacial score (nSPS) is 17.0. The minimum atomic E-state index is -2.35. The molecule has 0 rings (SSSR count). The van der Waals surface area contributed by atoms with Gasteiger partial charge < -0.3 is 10.8 Å². The molecule has 0 aromatic heterocycles. The minimum absolute atomic E-state index is 0.134. The Morgan fingerprint density at radius 1 is 1.53 bits per heavy atom. The maximum Gasteiger partial charge on any atom is 0.324 e. The number of nitrogens with one attached hydrogen (secondary N) is 1. The standard InChI is InChI=1S/C8H18N2O4S/c1-2-3-4-8(5-6-9,7(11)12)10-15(13)14/h10H,2-6,9H2,1H3,(H,11,12)(H,13,14)/t8-/m0/s1. The molecule has 0 heterocycles. The summed E-state index contributed by atoms with van der Waals surface area (Å²) in [6, 6.07) is 0. The van der Waals surface area contributed by atoms with Crippen LogP contribution in [0, 0.1) is 0 Å². The third-order valence-corrected chi connectivity index (χ3v) is 2.79. The molecule has 1 unspecified atom stereocenters. The topological polar surface area (TPSA) is 113 Å². The second-order valence-electron chi connectivity index (χ2n) is 3.38. The van der Waals surface area contributed by atoms with Crippen LogP contribution >= 0.6 is 0 Å². The average Bonchev–Trinajstić information content (AvgIpc) is 2.13. The smallest absolute Gasteiger partial charge is 0.324 e. The number of hydrogen-bond acceptors (Lipinski definition) is 3. The van der Waals surface area contributed by atoms with Gasteiger partial charge in [0.1, 0.15) is 5.54 Å². The SMILES string of the molecule is CCCC[C@@](CCN)(NS(=O)O)C(=O)O. The van der Waals surface area contributed by atoms with Crippen molar-refractivity contribution in [1.29, 1.82) is 0 Å². The van der Waals surface area contributed by atoms with E-state index in [2.05, 4.69) is 4.72 Å². The van der Waals surface area contributed by atoms with Gasteiger partial charge in [-0.25, -0.2) is 4.21 Å². The Morgan fingerprint density at radius 2 is 2.13 bits per heavy atom. The molecule has 0 saturated heterocycles. The van der Waals surface area contributed by atoms with Crippen LogP contribution in [-0.4, -0.2) is 31.9 Å². The van der Waals surface area contributed by atoms with Crippen LogP contribution in [0.25, 0.3) is 0 Å². The Morgan fingerprint density at radius 3 is 2.47 bits per heavy atom. The van der Waals surface area contributed by atoms with E-state index in [4.69, 9.17) is 15.4 Å². The molecule has 7 heteroatoms. The molecule has 0 radical (unpaired) electrons. The van der Waals surface area contributed by atoms with E-state index in [1.807, 2.05) is 6.92 Å². The zero-order valence-corrected chi connectivity index (χ0v) is 9.55. The van der Waals surface area contributed by atoms with Crippen molar-refractivity contribution in [2.24, 2.45) is 5.73 Å². The molecule has 0 amide bonds. The predicted octanol–water partition coefficient (Wildman–Crippen LogP) is 0.0751. The monoisotopic (exact) mass is 238 g/mol. The first-order valence-electron chi connectivity index (χ1n) is 4.80. The van der Waals surface area contributed by atoms with Crippen molar-refractivity contribution in [2.75, 3.05) is 6.54 Å². The molecule has 0 saturated carbocycles. The van der Waals surface area contributed by atoms with Gasteiger partial charge in [-0.15, -0.1) is 0 Å². The number of aliphatic carboxylic acids is 1.